The number of nitrogens with zero attached hydrogens (tertiary/aromatic N) is 7. The molecule has 1 aromatic carbocycles. The van der Waals surface area contributed by atoms with E-state index in [1.807, 2.05) is 25.1 Å². The second kappa shape index (κ2) is 4.44. The molecule has 19 heavy (non-hydrogen) atoms. The lowest BCUT2D eigenvalue weighted by atomic mass is 10.1. The second-order valence-electron chi connectivity index (χ2n) is 4.04. The Labute approximate surface area is 107 Å². The van der Waals surface area contributed by atoms with Crippen LogP contribution in [0.5, 0.6) is 0 Å². The minimum Gasteiger partial charge on any atom is -0.398 e. The standard InChI is InChI=1S/C10H11N9/c1-6-2-3-7(4-8(6)11)10-14-18-19(15-10)5-9-12-16-17-13-9/h2-4H,5,11H2,1H3,(H,12,13,16,17). The molecule has 9 heteroatoms. The summed E-state index contributed by atoms with van der Waals surface area (Å²) in [5, 5.41) is 25.6. The van der Waals surface area contributed by atoms with Crippen molar-refractivity contribution in [3.8, 4) is 11.4 Å². The molecule has 0 bridgehead atoms. The predicted octanol–water partition coefficient (Wildman–Crippen LogP) is -0.208. The number of nitrogen functional groups attached to an aromatic ring is 1. The minimum absolute atomic E-state index is 0.310. The molecular formula is C10H11N9. The largest absolute Gasteiger partial charge is 0.398 e. The van der Waals surface area contributed by atoms with E-state index in [1.54, 1.807) is 0 Å². The van der Waals surface area contributed by atoms with Gasteiger partial charge in [-0.15, -0.1) is 20.4 Å². The first-order chi connectivity index (χ1) is 9.22. The van der Waals surface area contributed by atoms with Gasteiger partial charge in [-0.05, 0) is 23.8 Å². The van der Waals surface area contributed by atoms with Crippen LogP contribution in [0.3, 0.4) is 0 Å². The molecule has 0 radical (unpaired) electrons. The van der Waals surface area contributed by atoms with Gasteiger partial charge in [-0.25, -0.2) is 0 Å². The van der Waals surface area contributed by atoms with E-state index in [9.17, 15) is 0 Å². The summed E-state index contributed by atoms with van der Waals surface area (Å²) in [6, 6.07) is 5.65. The third-order valence-corrected chi connectivity index (χ3v) is 2.66. The summed E-state index contributed by atoms with van der Waals surface area (Å²) in [4.78, 5) is 1.40. The monoisotopic (exact) mass is 257 g/mol. The molecule has 2 heterocycles. The number of nitrogens with two attached hydrogens (primary N) is 1. The van der Waals surface area contributed by atoms with Crippen LogP contribution in [0.15, 0.2) is 18.2 Å². The van der Waals surface area contributed by atoms with Crippen molar-refractivity contribution in [2.24, 2.45) is 0 Å². The van der Waals surface area contributed by atoms with E-state index < -0.39 is 0 Å². The van der Waals surface area contributed by atoms with Crippen LogP contribution in [-0.4, -0.2) is 40.8 Å². The topological polar surface area (TPSA) is 124 Å². The summed E-state index contributed by atoms with van der Waals surface area (Å²) in [7, 11) is 0. The number of aromatic nitrogens is 8. The number of rotatable bonds is 3. The van der Waals surface area contributed by atoms with Crippen molar-refractivity contribution in [3.05, 3.63) is 29.6 Å². The van der Waals surface area contributed by atoms with Crippen LogP contribution in [0.1, 0.15) is 11.4 Å². The summed E-state index contributed by atoms with van der Waals surface area (Å²) in [6.07, 6.45) is 0. The molecule has 0 saturated heterocycles. The van der Waals surface area contributed by atoms with Gasteiger partial charge in [0.2, 0.25) is 5.82 Å². The summed E-state index contributed by atoms with van der Waals surface area (Å²) >= 11 is 0. The van der Waals surface area contributed by atoms with E-state index in [0.29, 0.717) is 23.9 Å². The minimum atomic E-state index is 0.310. The molecular weight excluding hydrogens is 246 g/mol. The molecule has 3 aromatic rings. The normalized spacial score (nSPS) is 10.8. The van der Waals surface area contributed by atoms with E-state index in [-0.39, 0.29) is 0 Å². The first-order valence-electron chi connectivity index (χ1n) is 5.59. The van der Waals surface area contributed by atoms with Gasteiger partial charge in [-0.1, -0.05) is 17.3 Å². The molecule has 0 aliphatic rings. The molecule has 0 aliphatic heterocycles. The first-order valence-corrected chi connectivity index (χ1v) is 5.59. The van der Waals surface area contributed by atoms with Crippen molar-refractivity contribution in [3.63, 3.8) is 0 Å². The number of benzene rings is 1. The number of aryl methyl sites for hydroxylation is 1. The average Bonchev–Trinajstić information content (AvgIpc) is 3.05. The maximum atomic E-state index is 5.86. The van der Waals surface area contributed by atoms with Gasteiger partial charge in [0.25, 0.3) is 0 Å². The third-order valence-electron chi connectivity index (χ3n) is 2.66. The van der Waals surface area contributed by atoms with Crippen LogP contribution in [-0.2, 0) is 6.54 Å². The Morgan fingerprint density at radius 3 is 2.95 bits per heavy atom. The smallest absolute Gasteiger partial charge is 0.205 e. The Bertz CT molecular complexity index is 685. The zero-order valence-corrected chi connectivity index (χ0v) is 10.1. The molecule has 2 aromatic heterocycles. The van der Waals surface area contributed by atoms with Gasteiger partial charge >= 0.3 is 0 Å². The molecule has 3 N–H and O–H groups in total. The van der Waals surface area contributed by atoms with Gasteiger partial charge in [0, 0.05) is 11.3 Å². The van der Waals surface area contributed by atoms with Crippen LogP contribution in [0.2, 0.25) is 0 Å². The van der Waals surface area contributed by atoms with Crippen LogP contribution in [0.4, 0.5) is 5.69 Å². The predicted molar refractivity (Wildman–Crippen MR) is 65.7 cm³/mol. The molecule has 0 saturated carbocycles. The molecule has 0 amide bonds. The molecule has 0 unspecified atom stereocenters. The summed E-state index contributed by atoms with van der Waals surface area (Å²) in [5.41, 5.74) is 8.40. The Hall–Kier alpha value is -2.84. The summed E-state index contributed by atoms with van der Waals surface area (Å²) in [6.45, 7) is 2.25. The Balaban J connectivity index is 1.86. The summed E-state index contributed by atoms with van der Waals surface area (Å²) in [5.74, 6) is 1.00. The van der Waals surface area contributed by atoms with Gasteiger partial charge in [0.1, 0.15) is 6.54 Å². The lowest BCUT2D eigenvalue weighted by Gasteiger charge is -2.00. The average molecular weight is 257 g/mol. The fraction of sp³-hybridized carbons (Fsp3) is 0.200. The fourth-order valence-electron chi connectivity index (χ4n) is 1.58. The Kier molecular flexibility index (Phi) is 2.63. The van der Waals surface area contributed by atoms with E-state index in [2.05, 4.69) is 36.0 Å². The second-order valence-corrected chi connectivity index (χ2v) is 4.04. The van der Waals surface area contributed by atoms with Crippen molar-refractivity contribution < 1.29 is 0 Å². The molecule has 3 rings (SSSR count). The van der Waals surface area contributed by atoms with Crippen molar-refractivity contribution in [1.29, 1.82) is 0 Å². The SMILES string of the molecule is Cc1ccc(-c2nnn(Cc3nn[nH]n3)n2)cc1N. The van der Waals surface area contributed by atoms with Crippen molar-refractivity contribution in [2.75, 3.05) is 5.73 Å². The number of aromatic amines is 1. The zero-order valence-electron chi connectivity index (χ0n) is 10.1. The molecule has 9 nitrogen and oxygen atoms in total. The highest BCUT2D eigenvalue weighted by Gasteiger charge is 2.09. The maximum Gasteiger partial charge on any atom is 0.205 e. The lowest BCUT2D eigenvalue weighted by molar-refractivity contribution is 0.555. The van der Waals surface area contributed by atoms with E-state index in [0.717, 1.165) is 11.1 Å². The molecule has 0 fully saturated rings. The van der Waals surface area contributed by atoms with Gasteiger partial charge < -0.3 is 5.73 Å². The van der Waals surface area contributed by atoms with Crippen LogP contribution in [0, 0.1) is 6.92 Å². The molecule has 0 spiro atoms. The number of hydrogen-bond acceptors (Lipinski definition) is 7. The maximum absolute atomic E-state index is 5.86. The van der Waals surface area contributed by atoms with Crippen molar-refractivity contribution in [1.82, 2.24) is 40.8 Å². The van der Waals surface area contributed by atoms with E-state index in [4.69, 9.17) is 5.73 Å². The highest BCUT2D eigenvalue weighted by molar-refractivity contribution is 5.62. The molecule has 0 aliphatic carbocycles. The van der Waals surface area contributed by atoms with Crippen LogP contribution < -0.4 is 5.73 Å². The third kappa shape index (κ3) is 2.25. The number of anilines is 1. The summed E-state index contributed by atoms with van der Waals surface area (Å²) < 4.78 is 0. The number of tetrazole rings is 2. The lowest BCUT2D eigenvalue weighted by Crippen LogP contribution is -2.05. The molecule has 0 atom stereocenters. The molecule has 96 valence electrons. The zero-order chi connectivity index (χ0) is 13.2. The van der Waals surface area contributed by atoms with Crippen LogP contribution >= 0.6 is 0 Å². The van der Waals surface area contributed by atoms with E-state index >= 15 is 0 Å². The highest BCUT2D eigenvalue weighted by atomic mass is 15.6. The number of hydrogen-bond donors (Lipinski definition) is 2. The number of H-pyrrole nitrogens is 1. The highest BCUT2D eigenvalue weighted by Crippen LogP contribution is 2.19. The van der Waals surface area contributed by atoms with Crippen molar-refractivity contribution >= 4 is 5.69 Å². The van der Waals surface area contributed by atoms with Gasteiger partial charge in [0.15, 0.2) is 5.82 Å². The van der Waals surface area contributed by atoms with E-state index in [1.165, 1.54) is 4.80 Å². The number of nitrogens with one attached hydrogen (secondary N) is 1. The van der Waals surface area contributed by atoms with Gasteiger partial charge in [0.05, 0.1) is 0 Å². The Morgan fingerprint density at radius 1 is 1.32 bits per heavy atom. The quantitative estimate of drug-likeness (QED) is 0.622. The van der Waals surface area contributed by atoms with Crippen molar-refractivity contribution in [2.45, 2.75) is 13.5 Å². The Morgan fingerprint density at radius 2 is 2.21 bits per heavy atom. The van der Waals surface area contributed by atoms with Crippen LogP contribution in [0.25, 0.3) is 11.4 Å². The first kappa shape index (κ1) is 11.3. The van der Waals surface area contributed by atoms with Gasteiger partial charge in [-0.2, -0.15) is 10.0 Å². The van der Waals surface area contributed by atoms with Gasteiger partial charge in [-0.3, -0.25) is 0 Å². The fourth-order valence-corrected chi connectivity index (χ4v) is 1.58.